The van der Waals surface area contributed by atoms with Gasteiger partial charge in [0.05, 0.1) is 15.9 Å². The van der Waals surface area contributed by atoms with Gasteiger partial charge in [-0.1, -0.05) is 57.5 Å². The van der Waals surface area contributed by atoms with Crippen LogP contribution in [0.3, 0.4) is 0 Å². The third-order valence-corrected chi connectivity index (χ3v) is 5.28. The van der Waals surface area contributed by atoms with Gasteiger partial charge in [-0.3, -0.25) is 4.79 Å². The van der Waals surface area contributed by atoms with Gasteiger partial charge < -0.3 is 9.47 Å². The fourth-order valence-corrected chi connectivity index (χ4v) is 3.63. The Morgan fingerprint density at radius 3 is 2.56 bits per heavy atom. The zero-order chi connectivity index (χ0) is 18.4. The molecule has 2 rings (SSSR count). The summed E-state index contributed by atoms with van der Waals surface area (Å²) in [5.74, 6) is -0.0118. The lowest BCUT2D eigenvalue weighted by Gasteiger charge is -2.08. The molecule has 5 heteroatoms. The highest BCUT2D eigenvalue weighted by Crippen LogP contribution is 2.60. The zero-order valence-corrected chi connectivity index (χ0v) is 18.2. The van der Waals surface area contributed by atoms with Crippen LogP contribution in [0.5, 0.6) is 0 Å². The van der Waals surface area contributed by atoms with E-state index >= 15 is 0 Å². The third-order valence-electron chi connectivity index (χ3n) is 4.75. The molecular weight excluding hydrogens is 448 g/mol. The van der Waals surface area contributed by atoms with Gasteiger partial charge in [0, 0.05) is 6.61 Å². The van der Waals surface area contributed by atoms with Crippen molar-refractivity contribution in [2.24, 2.45) is 17.3 Å². The van der Waals surface area contributed by atoms with Crippen LogP contribution in [-0.4, -0.2) is 12.6 Å². The molecule has 0 saturated heterocycles. The highest BCUT2D eigenvalue weighted by molar-refractivity contribution is 9.28. The minimum Gasteiger partial charge on any atom is -0.461 e. The molecular formula is C20H26Br2O3. The first-order chi connectivity index (χ1) is 11.9. The standard InChI is InChI=1S/C20H26Br2O3/c1-4-5-9-24-12-14-7-6-8-15(10-14)13-25-19(23)18-16(11-17(21)22)20(18,2)3/h6-8,10-11,16,18H,4-5,9,12-13H2,1-3H3/t16-,18-/m0/s1. The van der Waals surface area contributed by atoms with Crippen molar-refractivity contribution < 1.29 is 14.3 Å². The van der Waals surface area contributed by atoms with Crippen LogP contribution in [0.25, 0.3) is 0 Å². The first-order valence-electron chi connectivity index (χ1n) is 8.71. The summed E-state index contributed by atoms with van der Waals surface area (Å²) in [6.07, 6.45) is 4.24. The summed E-state index contributed by atoms with van der Waals surface area (Å²) in [5, 5.41) is 0. The van der Waals surface area contributed by atoms with Crippen molar-refractivity contribution in [3.8, 4) is 0 Å². The molecule has 1 aromatic carbocycles. The molecule has 0 heterocycles. The maximum Gasteiger partial charge on any atom is 0.310 e. The van der Waals surface area contributed by atoms with Crippen molar-refractivity contribution in [3.63, 3.8) is 0 Å². The molecule has 1 aliphatic carbocycles. The van der Waals surface area contributed by atoms with E-state index in [1.54, 1.807) is 0 Å². The Morgan fingerprint density at radius 2 is 1.92 bits per heavy atom. The molecule has 0 bridgehead atoms. The molecule has 0 N–H and O–H groups in total. The molecule has 1 saturated carbocycles. The summed E-state index contributed by atoms with van der Waals surface area (Å²) in [6.45, 7) is 8.03. The number of halogens is 2. The van der Waals surface area contributed by atoms with Crippen LogP contribution in [0.1, 0.15) is 44.7 Å². The van der Waals surface area contributed by atoms with Crippen molar-refractivity contribution in [2.45, 2.75) is 46.8 Å². The molecule has 0 aromatic heterocycles. The van der Waals surface area contributed by atoms with E-state index in [9.17, 15) is 4.79 Å². The first-order valence-corrected chi connectivity index (χ1v) is 10.3. The van der Waals surface area contributed by atoms with E-state index in [1.807, 2.05) is 30.3 Å². The Balaban J connectivity index is 1.85. The Labute approximate surface area is 167 Å². The average molecular weight is 474 g/mol. The summed E-state index contributed by atoms with van der Waals surface area (Å²) in [5.41, 5.74) is 2.05. The summed E-state index contributed by atoms with van der Waals surface area (Å²) >= 11 is 6.74. The van der Waals surface area contributed by atoms with Crippen LogP contribution >= 0.6 is 31.9 Å². The van der Waals surface area contributed by atoms with Gasteiger partial charge >= 0.3 is 5.97 Å². The minimum atomic E-state index is -0.128. The lowest BCUT2D eigenvalue weighted by molar-refractivity contribution is -0.147. The zero-order valence-electron chi connectivity index (χ0n) is 15.1. The second-order valence-electron chi connectivity index (χ2n) is 7.11. The third kappa shape index (κ3) is 5.93. The average Bonchev–Trinajstić information content (AvgIpc) is 3.09. The van der Waals surface area contributed by atoms with Crippen LogP contribution in [0.2, 0.25) is 0 Å². The highest BCUT2D eigenvalue weighted by atomic mass is 79.9. The minimum absolute atomic E-state index is 0.0567. The SMILES string of the molecule is CCCCOCc1cccc(COC(=O)[C@@H]2[C@H](C=C(Br)Br)C2(C)C)c1. The molecule has 0 amide bonds. The largest absolute Gasteiger partial charge is 0.461 e. The molecule has 0 aliphatic heterocycles. The van der Waals surface area contributed by atoms with Crippen LogP contribution in [0, 0.1) is 17.3 Å². The Morgan fingerprint density at radius 1 is 1.24 bits per heavy atom. The molecule has 1 aromatic rings. The fraction of sp³-hybridized carbons (Fsp3) is 0.550. The van der Waals surface area contributed by atoms with E-state index in [-0.39, 0.29) is 23.2 Å². The lowest BCUT2D eigenvalue weighted by Crippen LogP contribution is -2.10. The van der Waals surface area contributed by atoms with Crippen molar-refractivity contribution in [2.75, 3.05) is 6.61 Å². The topological polar surface area (TPSA) is 35.5 Å². The Kier molecular flexibility index (Phi) is 7.71. The normalized spacial score (nSPS) is 20.8. The maximum atomic E-state index is 12.4. The highest BCUT2D eigenvalue weighted by Gasteiger charge is 2.61. The number of hydrogen-bond acceptors (Lipinski definition) is 3. The molecule has 138 valence electrons. The molecule has 1 aliphatic rings. The molecule has 2 atom stereocenters. The quantitative estimate of drug-likeness (QED) is 0.328. The predicted molar refractivity (Wildman–Crippen MR) is 108 cm³/mol. The summed E-state index contributed by atoms with van der Waals surface area (Å²) in [4.78, 5) is 12.4. The van der Waals surface area contributed by atoms with Gasteiger partial charge in [0.1, 0.15) is 6.61 Å². The van der Waals surface area contributed by atoms with Gasteiger partial charge in [0.2, 0.25) is 0 Å². The van der Waals surface area contributed by atoms with Gasteiger partial charge in [-0.05, 0) is 60.7 Å². The van der Waals surface area contributed by atoms with E-state index in [0.29, 0.717) is 13.2 Å². The number of ether oxygens (including phenoxy) is 2. The Bertz CT molecular complexity index is 621. The second kappa shape index (κ2) is 9.33. The van der Waals surface area contributed by atoms with E-state index in [0.717, 1.165) is 34.0 Å². The van der Waals surface area contributed by atoms with Gasteiger partial charge in [-0.25, -0.2) is 0 Å². The number of benzene rings is 1. The predicted octanol–water partition coefficient (Wildman–Crippen LogP) is 5.95. The van der Waals surface area contributed by atoms with E-state index in [1.165, 1.54) is 0 Å². The molecule has 25 heavy (non-hydrogen) atoms. The van der Waals surface area contributed by atoms with Crippen LogP contribution in [-0.2, 0) is 27.5 Å². The molecule has 0 radical (unpaired) electrons. The van der Waals surface area contributed by atoms with Gasteiger partial charge in [-0.2, -0.15) is 0 Å². The Hall–Kier alpha value is -0.650. The van der Waals surface area contributed by atoms with Crippen LogP contribution < -0.4 is 0 Å². The first kappa shape index (κ1) is 20.7. The van der Waals surface area contributed by atoms with E-state index in [4.69, 9.17) is 9.47 Å². The second-order valence-corrected chi connectivity index (χ2v) is 9.89. The lowest BCUT2D eigenvalue weighted by atomic mass is 10.1. The summed E-state index contributed by atoms with van der Waals surface area (Å²) in [7, 11) is 0. The number of unbranched alkanes of at least 4 members (excludes halogenated alkanes) is 1. The number of rotatable bonds is 9. The van der Waals surface area contributed by atoms with Crippen molar-refractivity contribution in [1.82, 2.24) is 0 Å². The van der Waals surface area contributed by atoms with Gasteiger partial charge in [-0.15, -0.1) is 0 Å². The number of carbonyl (C=O) groups excluding carboxylic acids is 1. The van der Waals surface area contributed by atoms with Gasteiger partial charge in [0.15, 0.2) is 0 Å². The van der Waals surface area contributed by atoms with Crippen LogP contribution in [0.4, 0.5) is 0 Å². The van der Waals surface area contributed by atoms with Crippen LogP contribution in [0.15, 0.2) is 33.7 Å². The maximum absolute atomic E-state index is 12.4. The summed E-state index contributed by atoms with van der Waals surface area (Å²) in [6, 6.07) is 8.04. The summed E-state index contributed by atoms with van der Waals surface area (Å²) < 4.78 is 12.1. The van der Waals surface area contributed by atoms with Crippen molar-refractivity contribution in [3.05, 3.63) is 44.9 Å². The number of hydrogen-bond donors (Lipinski definition) is 0. The fourth-order valence-electron chi connectivity index (χ4n) is 3.06. The smallest absolute Gasteiger partial charge is 0.310 e. The van der Waals surface area contributed by atoms with Crippen molar-refractivity contribution in [1.29, 1.82) is 0 Å². The number of esters is 1. The monoisotopic (exact) mass is 472 g/mol. The molecule has 0 spiro atoms. The molecule has 0 unspecified atom stereocenters. The molecule has 3 nitrogen and oxygen atoms in total. The van der Waals surface area contributed by atoms with Crippen molar-refractivity contribution >= 4 is 37.8 Å². The van der Waals surface area contributed by atoms with Gasteiger partial charge in [0.25, 0.3) is 0 Å². The van der Waals surface area contributed by atoms with E-state index < -0.39 is 0 Å². The van der Waals surface area contributed by atoms with E-state index in [2.05, 4.69) is 52.6 Å². The number of allylic oxidation sites excluding steroid dienone is 1. The number of carbonyl (C=O) groups is 1. The molecule has 1 fully saturated rings.